The zero-order chi connectivity index (χ0) is 23.3. The summed E-state index contributed by atoms with van der Waals surface area (Å²) in [5.74, 6) is 0.898. The number of ether oxygens (including phenoxy) is 1. The molecule has 1 aromatic heterocycles. The van der Waals surface area contributed by atoms with Gasteiger partial charge in [0.25, 0.3) is 5.91 Å². The topological polar surface area (TPSA) is 86.5 Å². The number of urea groups is 1. The van der Waals surface area contributed by atoms with Crippen molar-refractivity contribution in [3.8, 4) is 11.5 Å². The Morgan fingerprint density at radius 2 is 2.06 bits per heavy atom. The Labute approximate surface area is 193 Å². The van der Waals surface area contributed by atoms with Crippen molar-refractivity contribution in [1.29, 1.82) is 0 Å². The first-order chi connectivity index (χ1) is 15.9. The van der Waals surface area contributed by atoms with Gasteiger partial charge in [-0.25, -0.2) is 4.79 Å². The monoisotopic (exact) mass is 451 g/mol. The molecule has 4 heterocycles. The number of fused-ring (bicyclic) bond motifs is 3. The minimum atomic E-state index is -0.470. The van der Waals surface area contributed by atoms with Gasteiger partial charge >= 0.3 is 6.03 Å². The minimum absolute atomic E-state index is 0.0306. The van der Waals surface area contributed by atoms with Crippen molar-refractivity contribution in [2.24, 2.45) is 0 Å². The molecule has 3 aliphatic rings. The number of phenols is 1. The van der Waals surface area contributed by atoms with Crippen LogP contribution in [-0.2, 0) is 6.54 Å². The second-order valence-corrected chi connectivity index (χ2v) is 8.97. The molecule has 2 saturated heterocycles. The number of likely N-dealkylation sites (N-methyl/N-ethyl adjacent to an activating group) is 1. The fourth-order valence-corrected chi connectivity index (χ4v) is 5.75. The number of furan rings is 1. The predicted octanol–water partition coefficient (Wildman–Crippen LogP) is 3.93. The van der Waals surface area contributed by atoms with Crippen molar-refractivity contribution in [2.75, 3.05) is 26.7 Å². The molecule has 1 N–H and O–H groups in total. The SMILES string of the molecule is CCN1C(=O)N2Cc3cc(OC)cc(O)c3[C@@H](C)C=C2C12CCN(C(=O)c1ccco1)CC2. The summed E-state index contributed by atoms with van der Waals surface area (Å²) in [4.78, 5) is 32.0. The molecule has 8 nitrogen and oxygen atoms in total. The highest BCUT2D eigenvalue weighted by molar-refractivity contribution is 5.91. The first-order valence-corrected chi connectivity index (χ1v) is 11.4. The molecule has 8 heteroatoms. The molecule has 0 saturated carbocycles. The van der Waals surface area contributed by atoms with Crippen LogP contribution >= 0.6 is 0 Å². The van der Waals surface area contributed by atoms with E-state index < -0.39 is 5.54 Å². The molecule has 33 heavy (non-hydrogen) atoms. The van der Waals surface area contributed by atoms with E-state index in [4.69, 9.17) is 9.15 Å². The summed E-state index contributed by atoms with van der Waals surface area (Å²) in [5, 5.41) is 10.7. The number of amides is 3. The number of nitrogens with zero attached hydrogens (tertiary/aromatic N) is 3. The third kappa shape index (κ3) is 3.19. The summed E-state index contributed by atoms with van der Waals surface area (Å²) >= 11 is 0. The van der Waals surface area contributed by atoms with E-state index in [9.17, 15) is 14.7 Å². The van der Waals surface area contributed by atoms with E-state index in [1.165, 1.54) is 6.26 Å². The Morgan fingerprint density at radius 3 is 2.70 bits per heavy atom. The number of phenolic OH excluding ortho intramolecular Hbond substituents is 1. The van der Waals surface area contributed by atoms with Crippen molar-refractivity contribution in [1.82, 2.24) is 14.7 Å². The van der Waals surface area contributed by atoms with E-state index >= 15 is 0 Å². The number of benzene rings is 1. The van der Waals surface area contributed by atoms with Crippen LogP contribution in [0, 0.1) is 0 Å². The summed E-state index contributed by atoms with van der Waals surface area (Å²) < 4.78 is 10.7. The lowest BCUT2D eigenvalue weighted by molar-refractivity contribution is 0.0547. The van der Waals surface area contributed by atoms with E-state index in [1.54, 1.807) is 30.2 Å². The maximum absolute atomic E-state index is 13.6. The lowest BCUT2D eigenvalue weighted by atomic mass is 9.82. The lowest BCUT2D eigenvalue weighted by Gasteiger charge is -2.44. The van der Waals surface area contributed by atoms with Crippen LogP contribution in [0.25, 0.3) is 0 Å². The molecule has 5 rings (SSSR count). The number of piperidine rings is 1. The number of allylic oxidation sites excluding steroid dienone is 1. The van der Waals surface area contributed by atoms with Crippen LogP contribution in [0.15, 0.2) is 46.7 Å². The van der Waals surface area contributed by atoms with Gasteiger partial charge in [-0.2, -0.15) is 0 Å². The average molecular weight is 452 g/mol. The van der Waals surface area contributed by atoms with Crippen LogP contribution in [0.5, 0.6) is 11.5 Å². The molecule has 0 unspecified atom stereocenters. The van der Waals surface area contributed by atoms with Gasteiger partial charge in [0.1, 0.15) is 11.5 Å². The first kappa shape index (κ1) is 21.4. The normalized spacial score (nSPS) is 21.5. The third-order valence-electron chi connectivity index (χ3n) is 7.32. The number of carbonyl (C=O) groups excluding carboxylic acids is 2. The number of likely N-dealkylation sites (tertiary alicyclic amines) is 1. The molecular weight excluding hydrogens is 422 g/mol. The van der Waals surface area contributed by atoms with Crippen LogP contribution in [-0.4, -0.2) is 64.0 Å². The zero-order valence-corrected chi connectivity index (χ0v) is 19.2. The molecular formula is C25H29N3O5. The largest absolute Gasteiger partial charge is 0.507 e. The predicted molar refractivity (Wildman–Crippen MR) is 121 cm³/mol. The first-order valence-electron chi connectivity index (χ1n) is 11.4. The fourth-order valence-electron chi connectivity index (χ4n) is 5.75. The molecule has 1 aromatic carbocycles. The molecule has 0 radical (unpaired) electrons. The Morgan fingerprint density at radius 1 is 1.30 bits per heavy atom. The Balaban J connectivity index is 1.50. The second kappa shape index (κ2) is 7.86. The van der Waals surface area contributed by atoms with Crippen LogP contribution in [0.3, 0.4) is 0 Å². The number of rotatable bonds is 3. The maximum Gasteiger partial charge on any atom is 0.325 e. The Bertz CT molecular complexity index is 1120. The molecule has 0 aliphatic carbocycles. The summed E-state index contributed by atoms with van der Waals surface area (Å²) in [7, 11) is 1.57. The highest BCUT2D eigenvalue weighted by atomic mass is 16.5. The van der Waals surface area contributed by atoms with E-state index in [0.29, 0.717) is 50.5 Å². The molecule has 174 valence electrons. The van der Waals surface area contributed by atoms with E-state index in [1.807, 2.05) is 29.7 Å². The van der Waals surface area contributed by atoms with Gasteiger partial charge in [0.2, 0.25) is 0 Å². The zero-order valence-electron chi connectivity index (χ0n) is 19.2. The minimum Gasteiger partial charge on any atom is -0.507 e. The molecule has 3 amide bonds. The van der Waals surface area contributed by atoms with Gasteiger partial charge in [0.05, 0.1) is 25.5 Å². The number of methoxy groups -OCH3 is 1. The summed E-state index contributed by atoms with van der Waals surface area (Å²) in [6.45, 7) is 6.08. The molecule has 2 fully saturated rings. The van der Waals surface area contributed by atoms with E-state index in [0.717, 1.165) is 16.8 Å². The summed E-state index contributed by atoms with van der Waals surface area (Å²) in [6, 6.07) is 6.89. The molecule has 3 aliphatic heterocycles. The van der Waals surface area contributed by atoms with Gasteiger partial charge in [-0.1, -0.05) is 13.0 Å². The Hall–Kier alpha value is -3.42. The van der Waals surface area contributed by atoms with Crippen LogP contribution < -0.4 is 4.74 Å². The van der Waals surface area contributed by atoms with Gasteiger partial charge in [0, 0.05) is 42.9 Å². The third-order valence-corrected chi connectivity index (χ3v) is 7.32. The number of hydrogen-bond donors (Lipinski definition) is 1. The Kier molecular flexibility index (Phi) is 5.11. The van der Waals surface area contributed by atoms with Crippen molar-refractivity contribution in [3.63, 3.8) is 0 Å². The average Bonchev–Trinajstić information content (AvgIpc) is 3.37. The molecule has 0 bridgehead atoms. The van der Waals surface area contributed by atoms with Crippen LogP contribution in [0.1, 0.15) is 54.3 Å². The summed E-state index contributed by atoms with van der Waals surface area (Å²) in [5.41, 5.74) is 2.22. The second-order valence-electron chi connectivity index (χ2n) is 8.97. The van der Waals surface area contributed by atoms with Gasteiger partial charge in [-0.3, -0.25) is 9.69 Å². The lowest BCUT2D eigenvalue weighted by Crippen LogP contribution is -2.54. The summed E-state index contributed by atoms with van der Waals surface area (Å²) in [6.07, 6.45) is 4.93. The highest BCUT2D eigenvalue weighted by Gasteiger charge is 2.55. The molecule has 1 atom stereocenters. The van der Waals surface area contributed by atoms with Crippen LogP contribution in [0.2, 0.25) is 0 Å². The number of hydrogen-bond acceptors (Lipinski definition) is 5. The van der Waals surface area contributed by atoms with Crippen molar-refractivity contribution in [2.45, 2.75) is 44.7 Å². The van der Waals surface area contributed by atoms with Gasteiger partial charge in [-0.05, 0) is 43.5 Å². The van der Waals surface area contributed by atoms with Crippen molar-refractivity contribution in [3.05, 3.63) is 59.2 Å². The fraction of sp³-hybridized carbons (Fsp3) is 0.440. The van der Waals surface area contributed by atoms with E-state index in [-0.39, 0.29) is 23.6 Å². The van der Waals surface area contributed by atoms with Crippen molar-refractivity contribution >= 4 is 11.9 Å². The number of carbonyl (C=O) groups is 2. The smallest absolute Gasteiger partial charge is 0.325 e. The maximum atomic E-state index is 13.6. The standard InChI is InChI=1S/C25H29N3O5/c1-4-28-24(31)27-15-17-13-18(32-3)14-19(29)22(17)16(2)12-21(27)25(28)7-9-26(10-8-25)23(30)20-6-5-11-33-20/h5-6,11-14,16,29H,4,7-10,15H2,1-3H3/t16-/m0/s1. The van der Waals surface area contributed by atoms with Crippen molar-refractivity contribution < 1.29 is 23.8 Å². The molecule has 1 spiro atoms. The van der Waals surface area contributed by atoms with E-state index in [2.05, 4.69) is 6.08 Å². The number of aromatic hydroxyl groups is 1. The van der Waals surface area contributed by atoms with Gasteiger partial charge in [-0.15, -0.1) is 0 Å². The van der Waals surface area contributed by atoms with Crippen LogP contribution in [0.4, 0.5) is 4.79 Å². The highest BCUT2D eigenvalue weighted by Crippen LogP contribution is 2.48. The van der Waals surface area contributed by atoms with Gasteiger partial charge in [0.15, 0.2) is 5.76 Å². The van der Waals surface area contributed by atoms with Gasteiger partial charge < -0.3 is 24.1 Å². The quantitative estimate of drug-likeness (QED) is 0.764. The molecule has 2 aromatic rings.